The van der Waals surface area contributed by atoms with Gasteiger partial charge in [0.1, 0.15) is 0 Å². The smallest absolute Gasteiger partial charge is 0.00126 e. The molecule has 0 nitrogen and oxygen atoms in total. The Morgan fingerprint density at radius 1 is 0.667 bits per heavy atom. The van der Waals surface area contributed by atoms with E-state index in [1.54, 1.807) is 0 Å². The second-order valence-electron chi connectivity index (χ2n) is 2.72. The van der Waals surface area contributed by atoms with E-state index < -0.39 is 0 Å². The molecule has 4 aliphatic heterocycles. The summed E-state index contributed by atoms with van der Waals surface area (Å²) >= 11 is 0. The predicted molar refractivity (Wildman–Crippen MR) is 29.0 cm³/mol. The second-order valence-corrected chi connectivity index (χ2v) is 9.40. The molecule has 1 aliphatic carbocycles. The highest BCUT2D eigenvalue weighted by Gasteiger charge is 2.98. The second kappa shape index (κ2) is 0.389. The van der Waals surface area contributed by atoms with Crippen LogP contribution in [-0.2, 0) is 0 Å². The molecule has 0 atom stereocenters. The first-order chi connectivity index (χ1) is 3.00. The summed E-state index contributed by atoms with van der Waals surface area (Å²) in [4.78, 5) is 0. The molecule has 0 aromatic carbocycles. The lowest BCUT2D eigenvalue weighted by Crippen LogP contribution is -2.20. The average molecular weight is 114 g/mol. The first-order valence-electron chi connectivity index (χ1n) is 2.57. The van der Waals surface area contributed by atoms with Gasteiger partial charge in [0.05, 0.1) is 0 Å². The van der Waals surface area contributed by atoms with E-state index in [2.05, 4.69) is 0 Å². The Bertz CT molecular complexity index is 80.6. The SMILES string of the molecule is C12C3C4C1P4P23. The van der Waals surface area contributed by atoms with Crippen molar-refractivity contribution in [3.63, 3.8) is 0 Å². The molecule has 0 aromatic rings. The van der Waals surface area contributed by atoms with E-state index in [1.165, 1.54) is 22.6 Å². The van der Waals surface area contributed by atoms with Gasteiger partial charge in [-0.3, -0.25) is 0 Å². The Morgan fingerprint density at radius 3 is 1.17 bits per heavy atom. The third kappa shape index (κ3) is 0.0671. The van der Waals surface area contributed by atoms with Crippen molar-refractivity contribution in [2.45, 2.75) is 22.6 Å². The maximum Gasteiger partial charge on any atom is -0.00126 e. The molecule has 30 valence electrons. The van der Waals surface area contributed by atoms with Crippen molar-refractivity contribution in [2.75, 3.05) is 0 Å². The normalized spacial score (nSPS) is 108. The van der Waals surface area contributed by atoms with Gasteiger partial charge in [0.15, 0.2) is 0 Å². The van der Waals surface area contributed by atoms with Crippen LogP contribution in [-0.4, -0.2) is 22.6 Å². The standard InChI is InChI=1S/C4H4P2/c1-2-4-3(1)6(4)5(1)2/h1-4H. The Labute approximate surface area is 38.7 Å². The largest absolute Gasteiger partial charge is 0.0713 e. The van der Waals surface area contributed by atoms with Crippen molar-refractivity contribution >= 4 is 15.2 Å². The van der Waals surface area contributed by atoms with Crippen molar-refractivity contribution in [1.29, 1.82) is 0 Å². The third-order valence-electron chi connectivity index (χ3n) is 2.71. The van der Waals surface area contributed by atoms with Gasteiger partial charge in [-0.1, -0.05) is 15.2 Å². The van der Waals surface area contributed by atoms with Gasteiger partial charge < -0.3 is 0 Å². The maximum absolute atomic E-state index is 1.43. The maximum atomic E-state index is 1.43. The monoisotopic (exact) mass is 114 g/mol. The molecule has 0 bridgehead atoms. The summed E-state index contributed by atoms with van der Waals surface area (Å²) in [6.07, 6.45) is 0. The number of hydrogen-bond acceptors (Lipinski definition) is 0. The molecule has 6 heavy (non-hydrogen) atoms. The van der Waals surface area contributed by atoms with Gasteiger partial charge in [-0.15, -0.1) is 0 Å². The Balaban J connectivity index is 2.31. The highest BCUT2D eigenvalue weighted by Crippen LogP contribution is 3.24. The molecule has 2 heteroatoms. The van der Waals surface area contributed by atoms with E-state index in [0.717, 1.165) is 15.2 Å². The zero-order valence-electron chi connectivity index (χ0n) is 3.20. The van der Waals surface area contributed by atoms with Crippen molar-refractivity contribution in [1.82, 2.24) is 0 Å². The minimum absolute atomic E-state index is 0.887. The average Bonchev–Trinajstić information content (AvgIpc) is 1.64. The summed E-state index contributed by atoms with van der Waals surface area (Å²) < 4.78 is 0. The van der Waals surface area contributed by atoms with Gasteiger partial charge in [-0.25, -0.2) is 0 Å². The highest BCUT2D eigenvalue weighted by molar-refractivity contribution is 8.46. The summed E-state index contributed by atoms with van der Waals surface area (Å²) in [7, 11) is 1.77. The molecule has 0 unspecified atom stereocenters. The fraction of sp³-hybridized carbons (Fsp3) is 1.00. The molecular weight excluding hydrogens is 110 g/mol. The van der Waals surface area contributed by atoms with Crippen LogP contribution in [0.25, 0.3) is 0 Å². The molecule has 5 rings (SSSR count). The minimum atomic E-state index is 0.887. The van der Waals surface area contributed by atoms with Crippen molar-refractivity contribution in [2.24, 2.45) is 0 Å². The summed E-state index contributed by atoms with van der Waals surface area (Å²) in [6, 6.07) is 0. The van der Waals surface area contributed by atoms with E-state index in [0.29, 0.717) is 0 Å². The fourth-order valence-corrected chi connectivity index (χ4v) is 15.3. The zero-order valence-corrected chi connectivity index (χ0v) is 4.99. The molecule has 0 aromatic heterocycles. The Hall–Kier alpha value is 0.860. The van der Waals surface area contributed by atoms with Gasteiger partial charge in [-0.2, -0.15) is 0 Å². The van der Waals surface area contributed by atoms with Crippen LogP contribution in [0.4, 0.5) is 0 Å². The molecule has 4 heterocycles. The van der Waals surface area contributed by atoms with Crippen molar-refractivity contribution in [3.8, 4) is 0 Å². The van der Waals surface area contributed by atoms with Crippen LogP contribution in [0, 0.1) is 0 Å². The third-order valence-corrected chi connectivity index (χ3v) is 12.8. The molecule has 5 aliphatic rings. The van der Waals surface area contributed by atoms with Crippen LogP contribution in [0.1, 0.15) is 0 Å². The molecule has 0 amide bonds. The van der Waals surface area contributed by atoms with Crippen LogP contribution in [0.15, 0.2) is 0 Å². The van der Waals surface area contributed by atoms with Gasteiger partial charge in [0.2, 0.25) is 0 Å². The van der Waals surface area contributed by atoms with Crippen LogP contribution in [0.5, 0.6) is 0 Å². The molecule has 4 saturated heterocycles. The Kier molecular flexibility index (Phi) is 0.157. The first-order valence-corrected chi connectivity index (χ1v) is 6.23. The molecule has 5 fully saturated rings. The molecular formula is C4H4P2. The molecule has 0 spiro atoms. The minimum Gasteiger partial charge on any atom is -0.0713 e. The number of hydrogen-bond donors (Lipinski definition) is 0. The predicted octanol–water partition coefficient (Wildman–Crippen LogP) is 1.39. The summed E-state index contributed by atoms with van der Waals surface area (Å²) in [5.74, 6) is 0. The van der Waals surface area contributed by atoms with Crippen LogP contribution in [0.3, 0.4) is 0 Å². The molecule has 0 N–H and O–H groups in total. The van der Waals surface area contributed by atoms with Crippen LogP contribution < -0.4 is 0 Å². The van der Waals surface area contributed by atoms with Gasteiger partial charge >= 0.3 is 0 Å². The zero-order chi connectivity index (χ0) is 3.46. The van der Waals surface area contributed by atoms with Crippen molar-refractivity contribution < 1.29 is 0 Å². The van der Waals surface area contributed by atoms with Crippen molar-refractivity contribution in [3.05, 3.63) is 0 Å². The topological polar surface area (TPSA) is 0 Å². The van der Waals surface area contributed by atoms with Crippen LogP contribution in [0.2, 0.25) is 0 Å². The van der Waals surface area contributed by atoms with Gasteiger partial charge in [-0.05, 0) is 22.6 Å². The Morgan fingerprint density at radius 2 is 1.00 bits per heavy atom. The fourth-order valence-electron chi connectivity index (χ4n) is 2.28. The van der Waals surface area contributed by atoms with Crippen LogP contribution >= 0.6 is 15.2 Å². The number of rotatable bonds is 0. The molecule has 0 radical (unpaired) electrons. The van der Waals surface area contributed by atoms with E-state index in [9.17, 15) is 0 Å². The quantitative estimate of drug-likeness (QED) is 0.417. The molecule has 1 saturated carbocycles. The van der Waals surface area contributed by atoms with E-state index in [1.807, 2.05) is 0 Å². The van der Waals surface area contributed by atoms with Gasteiger partial charge in [0, 0.05) is 0 Å². The lowest BCUT2D eigenvalue weighted by Gasteiger charge is -2.05. The lowest BCUT2D eigenvalue weighted by molar-refractivity contribution is 0.732. The van der Waals surface area contributed by atoms with E-state index >= 15 is 0 Å². The van der Waals surface area contributed by atoms with Gasteiger partial charge in [0.25, 0.3) is 0 Å². The summed E-state index contributed by atoms with van der Waals surface area (Å²) in [5.41, 5.74) is 5.71. The lowest BCUT2D eigenvalue weighted by atomic mass is 10.0. The highest BCUT2D eigenvalue weighted by atomic mass is 32.1. The summed E-state index contributed by atoms with van der Waals surface area (Å²) in [5, 5.41) is 0. The summed E-state index contributed by atoms with van der Waals surface area (Å²) in [6.45, 7) is 0. The van der Waals surface area contributed by atoms with E-state index in [4.69, 9.17) is 0 Å². The van der Waals surface area contributed by atoms with E-state index in [-0.39, 0.29) is 0 Å². The first kappa shape index (κ1) is 2.42.